The molecule has 11 heteroatoms. The Labute approximate surface area is 253 Å². The molecule has 238 valence electrons. The van der Waals surface area contributed by atoms with Gasteiger partial charge in [0.2, 0.25) is 5.91 Å². The Bertz CT molecular complexity index is 1330. The van der Waals surface area contributed by atoms with Crippen molar-refractivity contribution < 1.29 is 35.9 Å². The van der Waals surface area contributed by atoms with E-state index in [1.54, 1.807) is 0 Å². The summed E-state index contributed by atoms with van der Waals surface area (Å²) >= 11 is 0. The van der Waals surface area contributed by atoms with Crippen molar-refractivity contribution >= 4 is 11.8 Å². The lowest BCUT2D eigenvalue weighted by Crippen LogP contribution is -2.53. The van der Waals surface area contributed by atoms with Crippen LogP contribution in [0.5, 0.6) is 0 Å². The summed E-state index contributed by atoms with van der Waals surface area (Å²) in [5.74, 6) is -0.306. The highest BCUT2D eigenvalue weighted by Crippen LogP contribution is 2.44. The first-order chi connectivity index (χ1) is 20.8. The van der Waals surface area contributed by atoms with Crippen molar-refractivity contribution in [3.8, 4) is 0 Å². The lowest BCUT2D eigenvalue weighted by atomic mass is 9.77. The van der Waals surface area contributed by atoms with Gasteiger partial charge in [0.1, 0.15) is 0 Å². The summed E-state index contributed by atoms with van der Waals surface area (Å²) in [6, 6.07) is 10.3. The van der Waals surface area contributed by atoms with E-state index in [4.69, 9.17) is 0 Å². The van der Waals surface area contributed by atoms with Crippen LogP contribution in [0.15, 0.2) is 48.5 Å². The number of carbonyl (C=O) groups is 2. The maximum atomic E-state index is 13.7. The summed E-state index contributed by atoms with van der Waals surface area (Å²) < 4.78 is 81.4. The number of rotatable bonds is 5. The van der Waals surface area contributed by atoms with Crippen molar-refractivity contribution in [2.45, 2.75) is 75.8 Å². The van der Waals surface area contributed by atoms with Crippen LogP contribution >= 0.6 is 0 Å². The standard InChI is InChI=1S/C33H37F6N3O2/c34-32(35,36)25-17-24(18-26(19-25)33(37,38)39)30(44)42-12-8-27(20-28(42)16-22-4-2-1-3-5-22)41-15-11-31(21-41)9-13-40(14-10-31)29(43)23-6-7-23/h1-5,17-19,23,27-28H,6-16,20-21H2/t27-,28+/m1/s1. The predicted octanol–water partition coefficient (Wildman–Crippen LogP) is 6.66. The van der Waals surface area contributed by atoms with Gasteiger partial charge in [-0.05, 0) is 87.1 Å². The fraction of sp³-hybridized carbons (Fsp3) is 0.576. The second-order valence-electron chi connectivity index (χ2n) is 13.1. The number of carbonyl (C=O) groups excluding carboxylic acids is 2. The molecule has 44 heavy (non-hydrogen) atoms. The highest BCUT2D eigenvalue weighted by atomic mass is 19.4. The molecule has 5 nitrogen and oxygen atoms in total. The summed E-state index contributed by atoms with van der Waals surface area (Å²) in [5, 5.41) is 0. The molecule has 2 aromatic rings. The third kappa shape index (κ3) is 6.62. The average Bonchev–Trinajstić information content (AvgIpc) is 3.77. The fourth-order valence-corrected chi connectivity index (χ4v) is 7.43. The third-order valence-corrected chi connectivity index (χ3v) is 10.1. The van der Waals surface area contributed by atoms with Gasteiger partial charge >= 0.3 is 12.4 Å². The van der Waals surface area contributed by atoms with Gasteiger partial charge in [-0.3, -0.25) is 14.5 Å². The highest BCUT2D eigenvalue weighted by Gasteiger charge is 2.46. The van der Waals surface area contributed by atoms with Crippen LogP contribution in [0.25, 0.3) is 0 Å². The predicted molar refractivity (Wildman–Crippen MR) is 152 cm³/mol. The Morgan fingerprint density at radius 1 is 0.795 bits per heavy atom. The monoisotopic (exact) mass is 621 g/mol. The summed E-state index contributed by atoms with van der Waals surface area (Å²) in [5.41, 5.74) is -2.48. The zero-order valence-corrected chi connectivity index (χ0v) is 24.5. The molecule has 3 saturated heterocycles. The highest BCUT2D eigenvalue weighted by molar-refractivity contribution is 5.95. The molecule has 0 bridgehead atoms. The lowest BCUT2D eigenvalue weighted by Gasteiger charge is -2.44. The van der Waals surface area contributed by atoms with Crippen LogP contribution in [0.4, 0.5) is 26.3 Å². The topological polar surface area (TPSA) is 43.9 Å². The first-order valence-electron chi connectivity index (χ1n) is 15.5. The van der Waals surface area contributed by atoms with E-state index >= 15 is 0 Å². The average molecular weight is 622 g/mol. The van der Waals surface area contributed by atoms with Crippen molar-refractivity contribution in [1.82, 2.24) is 14.7 Å². The number of alkyl halides is 6. The molecule has 4 aliphatic rings. The number of halogens is 6. The van der Waals surface area contributed by atoms with Gasteiger partial charge < -0.3 is 9.80 Å². The zero-order chi connectivity index (χ0) is 31.3. The Morgan fingerprint density at radius 2 is 1.41 bits per heavy atom. The van der Waals surface area contributed by atoms with Crippen molar-refractivity contribution in [3.05, 3.63) is 70.8 Å². The smallest absolute Gasteiger partial charge is 0.342 e. The largest absolute Gasteiger partial charge is 0.416 e. The second kappa shape index (κ2) is 11.7. The molecule has 2 atom stereocenters. The van der Waals surface area contributed by atoms with E-state index in [9.17, 15) is 35.9 Å². The van der Waals surface area contributed by atoms with E-state index in [0.717, 1.165) is 63.8 Å². The molecule has 2 aromatic carbocycles. The maximum Gasteiger partial charge on any atom is 0.416 e. The van der Waals surface area contributed by atoms with E-state index in [1.807, 2.05) is 35.2 Å². The minimum atomic E-state index is -5.03. The third-order valence-electron chi connectivity index (χ3n) is 10.1. The van der Waals surface area contributed by atoms with Crippen LogP contribution in [0.1, 0.15) is 72.0 Å². The molecule has 1 spiro atoms. The van der Waals surface area contributed by atoms with Crippen LogP contribution in [-0.2, 0) is 23.6 Å². The van der Waals surface area contributed by atoms with Gasteiger partial charge in [0.15, 0.2) is 0 Å². The van der Waals surface area contributed by atoms with Crippen LogP contribution in [-0.4, -0.2) is 71.3 Å². The number of piperidine rings is 2. The van der Waals surface area contributed by atoms with Crippen LogP contribution < -0.4 is 0 Å². The van der Waals surface area contributed by atoms with E-state index in [-0.39, 0.29) is 36.0 Å². The molecule has 1 aliphatic carbocycles. The van der Waals surface area contributed by atoms with Gasteiger partial charge in [-0.15, -0.1) is 0 Å². The molecule has 0 aromatic heterocycles. The second-order valence-corrected chi connectivity index (χ2v) is 13.1. The summed E-state index contributed by atoms with van der Waals surface area (Å²) in [6.45, 7) is 3.60. The molecule has 0 radical (unpaired) electrons. The Balaban J connectivity index is 1.19. The van der Waals surface area contributed by atoms with Crippen molar-refractivity contribution in [3.63, 3.8) is 0 Å². The van der Waals surface area contributed by atoms with Crippen molar-refractivity contribution in [2.24, 2.45) is 11.3 Å². The Morgan fingerprint density at radius 3 is 2.00 bits per heavy atom. The van der Waals surface area contributed by atoms with Gasteiger partial charge in [0, 0.05) is 49.7 Å². The molecule has 0 N–H and O–H groups in total. The molecule has 1 saturated carbocycles. The summed E-state index contributed by atoms with van der Waals surface area (Å²) in [4.78, 5) is 32.2. The van der Waals surface area contributed by atoms with Crippen LogP contribution in [0.3, 0.4) is 0 Å². The first kappa shape index (κ1) is 30.9. The first-order valence-corrected chi connectivity index (χ1v) is 15.5. The SMILES string of the molecule is O=C(C1CC1)N1CCC2(CC1)CCN([C@@H]1CCN(C(=O)c3cc(C(F)(F)F)cc(C(F)(F)F)c3)[C@@H](Cc3ccccc3)C1)C2. The number of nitrogens with zero attached hydrogens (tertiary/aromatic N) is 3. The number of hydrogen-bond donors (Lipinski definition) is 0. The van der Waals surface area contributed by atoms with E-state index in [1.165, 1.54) is 4.90 Å². The Hall–Kier alpha value is -3.08. The van der Waals surface area contributed by atoms with E-state index in [2.05, 4.69) is 4.90 Å². The van der Waals surface area contributed by atoms with E-state index in [0.29, 0.717) is 37.3 Å². The number of likely N-dealkylation sites (tertiary alicyclic amines) is 3. The minimum absolute atomic E-state index is 0.0556. The van der Waals surface area contributed by atoms with Crippen molar-refractivity contribution in [2.75, 3.05) is 32.7 Å². The number of benzene rings is 2. The Kier molecular flexibility index (Phi) is 8.22. The molecular formula is C33H37F6N3O2. The van der Waals surface area contributed by atoms with Crippen LogP contribution in [0, 0.1) is 11.3 Å². The van der Waals surface area contributed by atoms with Gasteiger partial charge in [0.25, 0.3) is 5.91 Å². The van der Waals surface area contributed by atoms with Crippen molar-refractivity contribution in [1.29, 1.82) is 0 Å². The molecule has 4 fully saturated rings. The number of hydrogen-bond acceptors (Lipinski definition) is 3. The normalized spacial score (nSPS) is 24.6. The quantitative estimate of drug-likeness (QED) is 0.351. The molecule has 0 unspecified atom stereocenters. The van der Waals surface area contributed by atoms with Gasteiger partial charge in [-0.2, -0.15) is 26.3 Å². The maximum absolute atomic E-state index is 13.7. The lowest BCUT2D eigenvalue weighted by molar-refractivity contribution is -0.143. The molecule has 3 aliphatic heterocycles. The van der Waals surface area contributed by atoms with Gasteiger partial charge in [-0.1, -0.05) is 30.3 Å². The fourth-order valence-electron chi connectivity index (χ4n) is 7.43. The van der Waals surface area contributed by atoms with E-state index < -0.39 is 35.0 Å². The minimum Gasteiger partial charge on any atom is -0.342 e. The summed E-state index contributed by atoms with van der Waals surface area (Å²) in [6.07, 6.45) is -3.49. The molecule has 2 amide bonds. The van der Waals surface area contributed by atoms with Crippen LogP contribution in [0.2, 0.25) is 0 Å². The van der Waals surface area contributed by atoms with Gasteiger partial charge in [-0.25, -0.2) is 0 Å². The summed E-state index contributed by atoms with van der Waals surface area (Å²) in [7, 11) is 0. The molecular weight excluding hydrogens is 584 g/mol. The zero-order valence-electron chi connectivity index (χ0n) is 24.5. The molecule has 3 heterocycles. The van der Waals surface area contributed by atoms with Gasteiger partial charge in [0.05, 0.1) is 11.1 Å². The molecule has 6 rings (SSSR count). The number of amides is 2.